The fraction of sp³-hybridized carbons (Fsp3) is 0.435. The van der Waals surface area contributed by atoms with Gasteiger partial charge in [-0.2, -0.15) is 4.31 Å². The number of likely N-dealkylation sites (tertiary alicyclic amines) is 1. The number of aromatic nitrogens is 1. The van der Waals surface area contributed by atoms with Gasteiger partial charge in [-0.3, -0.25) is 24.2 Å². The quantitative estimate of drug-likeness (QED) is 0.584. The van der Waals surface area contributed by atoms with Crippen LogP contribution in [0.15, 0.2) is 41.9 Å². The van der Waals surface area contributed by atoms with Crippen molar-refractivity contribution in [2.45, 2.75) is 44.8 Å². The summed E-state index contributed by atoms with van der Waals surface area (Å²) in [6, 6.07) is 5.06. The molecule has 2 amide bonds. The van der Waals surface area contributed by atoms with Gasteiger partial charge in [0, 0.05) is 12.7 Å². The number of sulfonamides is 1. The van der Waals surface area contributed by atoms with Crippen molar-refractivity contribution in [2.24, 2.45) is 5.92 Å². The Balaban J connectivity index is 1.54. The standard InChI is InChI=1S/C23H26N4O6S2/c1-14(2)12-16(25-21(29)19-7-5-11-34-19)22(30)26-10-8-17-20(26)18(28)13-27(17)35(32,33)23(31)15-6-3-4-9-24-15/h3-7,9,11,14,16-17,20H,8,10,12-13H2,1-2H3,(H,25,29). The Morgan fingerprint density at radius 2 is 1.97 bits per heavy atom. The third-order valence-corrected chi connectivity index (χ3v) is 8.70. The lowest BCUT2D eigenvalue weighted by molar-refractivity contribution is -0.138. The molecule has 2 aromatic rings. The molecule has 0 bridgehead atoms. The highest BCUT2D eigenvalue weighted by molar-refractivity contribution is 8.04. The number of ketones is 1. The normalized spacial score (nSPS) is 21.2. The van der Waals surface area contributed by atoms with Crippen molar-refractivity contribution in [2.75, 3.05) is 13.1 Å². The van der Waals surface area contributed by atoms with Gasteiger partial charge in [0.25, 0.3) is 15.9 Å². The maximum absolute atomic E-state index is 13.5. The van der Waals surface area contributed by atoms with Gasteiger partial charge in [-0.15, -0.1) is 11.3 Å². The fourth-order valence-corrected chi connectivity index (χ4v) is 6.69. The summed E-state index contributed by atoms with van der Waals surface area (Å²) in [5.41, 5.74) is -0.234. The van der Waals surface area contributed by atoms with Crippen LogP contribution < -0.4 is 5.32 Å². The summed E-state index contributed by atoms with van der Waals surface area (Å²) in [5, 5.41) is 3.36. The molecule has 186 valence electrons. The lowest BCUT2D eigenvalue weighted by Crippen LogP contribution is -2.53. The minimum Gasteiger partial charge on any atom is -0.340 e. The van der Waals surface area contributed by atoms with E-state index < -0.39 is 51.5 Å². The van der Waals surface area contributed by atoms with E-state index in [9.17, 15) is 27.6 Å². The van der Waals surface area contributed by atoms with Gasteiger partial charge >= 0.3 is 5.12 Å². The number of amides is 2. The number of Topliss-reactive ketones (excluding diaryl/α,β-unsaturated/α-hetero) is 1. The number of thiophene rings is 1. The molecule has 0 saturated carbocycles. The Kier molecular flexibility index (Phi) is 7.15. The van der Waals surface area contributed by atoms with E-state index in [1.807, 2.05) is 13.8 Å². The van der Waals surface area contributed by atoms with Gasteiger partial charge < -0.3 is 10.2 Å². The van der Waals surface area contributed by atoms with Crippen LogP contribution in [0, 0.1) is 5.92 Å². The van der Waals surface area contributed by atoms with Crippen LogP contribution in [0.1, 0.15) is 46.8 Å². The minimum atomic E-state index is -4.51. The van der Waals surface area contributed by atoms with Crippen molar-refractivity contribution in [1.82, 2.24) is 19.5 Å². The summed E-state index contributed by atoms with van der Waals surface area (Å²) in [7, 11) is -4.51. The first-order valence-electron chi connectivity index (χ1n) is 11.3. The summed E-state index contributed by atoms with van der Waals surface area (Å²) < 4.78 is 27.1. The number of pyridine rings is 1. The molecule has 0 radical (unpaired) electrons. The highest BCUT2D eigenvalue weighted by atomic mass is 32.2. The summed E-state index contributed by atoms with van der Waals surface area (Å²) in [5.74, 6) is -1.18. The van der Waals surface area contributed by atoms with E-state index in [4.69, 9.17) is 0 Å². The zero-order valence-corrected chi connectivity index (χ0v) is 20.9. The molecule has 10 nitrogen and oxygen atoms in total. The molecule has 2 saturated heterocycles. The number of carbonyl (C=O) groups is 4. The Labute approximate surface area is 207 Å². The molecule has 4 heterocycles. The maximum Gasteiger partial charge on any atom is 0.310 e. The monoisotopic (exact) mass is 518 g/mol. The summed E-state index contributed by atoms with van der Waals surface area (Å²) >= 11 is 1.25. The van der Waals surface area contributed by atoms with Gasteiger partial charge in [0.1, 0.15) is 17.8 Å². The van der Waals surface area contributed by atoms with Crippen LogP contribution in [0.3, 0.4) is 0 Å². The van der Waals surface area contributed by atoms with E-state index in [1.54, 1.807) is 23.6 Å². The first kappa shape index (κ1) is 25.1. The predicted octanol–water partition coefficient (Wildman–Crippen LogP) is 1.31. The largest absolute Gasteiger partial charge is 0.340 e. The van der Waals surface area contributed by atoms with Crippen molar-refractivity contribution in [3.63, 3.8) is 0 Å². The number of hydrogen-bond acceptors (Lipinski definition) is 8. The average Bonchev–Trinajstić information content (AvgIpc) is 3.57. The van der Waals surface area contributed by atoms with Crippen molar-refractivity contribution in [3.8, 4) is 0 Å². The summed E-state index contributed by atoms with van der Waals surface area (Å²) in [6.07, 6.45) is 1.89. The first-order valence-corrected chi connectivity index (χ1v) is 13.6. The lowest BCUT2D eigenvalue weighted by Gasteiger charge is -2.29. The molecule has 2 fully saturated rings. The van der Waals surface area contributed by atoms with E-state index in [0.29, 0.717) is 11.3 Å². The topological polar surface area (TPSA) is 134 Å². The molecular weight excluding hydrogens is 492 g/mol. The van der Waals surface area contributed by atoms with Crippen LogP contribution in [0.5, 0.6) is 0 Å². The number of fused-ring (bicyclic) bond motifs is 1. The van der Waals surface area contributed by atoms with E-state index >= 15 is 0 Å². The van der Waals surface area contributed by atoms with Crippen LogP contribution in [0.4, 0.5) is 0 Å². The van der Waals surface area contributed by atoms with Crippen molar-refractivity contribution >= 4 is 44.1 Å². The minimum absolute atomic E-state index is 0.0816. The second kappa shape index (κ2) is 9.96. The molecule has 1 N–H and O–H groups in total. The Morgan fingerprint density at radius 1 is 1.20 bits per heavy atom. The third kappa shape index (κ3) is 4.91. The van der Waals surface area contributed by atoms with E-state index in [-0.39, 0.29) is 30.5 Å². The molecular formula is C23H26N4O6S2. The predicted molar refractivity (Wildman–Crippen MR) is 128 cm³/mol. The molecule has 0 spiro atoms. The molecule has 0 aliphatic carbocycles. The van der Waals surface area contributed by atoms with E-state index in [0.717, 1.165) is 4.31 Å². The van der Waals surface area contributed by atoms with Crippen LogP contribution in [-0.2, 0) is 19.6 Å². The molecule has 4 rings (SSSR count). The van der Waals surface area contributed by atoms with Gasteiger partial charge in [0.15, 0.2) is 5.78 Å². The van der Waals surface area contributed by atoms with Crippen molar-refractivity contribution in [1.29, 1.82) is 0 Å². The zero-order valence-electron chi connectivity index (χ0n) is 19.3. The molecule has 0 aromatic carbocycles. The van der Waals surface area contributed by atoms with Crippen LogP contribution in [0.25, 0.3) is 0 Å². The maximum atomic E-state index is 13.5. The second-order valence-corrected chi connectivity index (χ2v) is 11.7. The smallest absolute Gasteiger partial charge is 0.310 e. The van der Waals surface area contributed by atoms with Crippen LogP contribution in [0.2, 0.25) is 0 Å². The number of nitrogens with zero attached hydrogens (tertiary/aromatic N) is 3. The molecule has 2 aliphatic heterocycles. The number of rotatable bonds is 7. The Hall–Kier alpha value is -2.96. The van der Waals surface area contributed by atoms with Crippen LogP contribution in [-0.4, -0.2) is 76.5 Å². The SMILES string of the molecule is CC(C)CC(NC(=O)c1cccs1)C(=O)N1CCC2C1C(=O)CN2S(=O)(=O)C(=O)c1ccccn1. The average molecular weight is 519 g/mol. The third-order valence-electron chi connectivity index (χ3n) is 6.13. The van der Waals surface area contributed by atoms with Crippen molar-refractivity contribution in [3.05, 3.63) is 52.5 Å². The second-order valence-electron chi connectivity index (χ2n) is 8.98. The van der Waals surface area contributed by atoms with Gasteiger partial charge in [-0.05, 0) is 42.3 Å². The summed E-state index contributed by atoms with van der Waals surface area (Å²) in [4.78, 5) is 57.4. The zero-order chi connectivity index (χ0) is 25.3. The summed E-state index contributed by atoms with van der Waals surface area (Å²) in [6.45, 7) is 3.49. The number of carbonyl (C=O) groups excluding carboxylic acids is 4. The molecule has 3 atom stereocenters. The fourth-order valence-electron chi connectivity index (χ4n) is 4.59. The van der Waals surface area contributed by atoms with Crippen LogP contribution >= 0.6 is 11.3 Å². The lowest BCUT2D eigenvalue weighted by atomic mass is 10.0. The number of nitrogens with one attached hydrogen (secondary N) is 1. The van der Waals surface area contributed by atoms with Gasteiger partial charge in [0.2, 0.25) is 5.91 Å². The number of hydrogen-bond donors (Lipinski definition) is 1. The Bertz CT molecular complexity index is 1230. The molecule has 35 heavy (non-hydrogen) atoms. The molecule has 3 unspecified atom stereocenters. The molecule has 2 aromatic heterocycles. The first-order chi connectivity index (χ1) is 16.6. The molecule has 12 heteroatoms. The highest BCUT2D eigenvalue weighted by Crippen LogP contribution is 2.33. The van der Waals surface area contributed by atoms with E-state index in [1.165, 1.54) is 34.6 Å². The Morgan fingerprint density at radius 3 is 2.60 bits per heavy atom. The van der Waals surface area contributed by atoms with Gasteiger partial charge in [-0.25, -0.2) is 8.42 Å². The van der Waals surface area contributed by atoms with E-state index in [2.05, 4.69) is 10.3 Å². The highest BCUT2D eigenvalue weighted by Gasteiger charge is 2.55. The van der Waals surface area contributed by atoms with Gasteiger partial charge in [-0.1, -0.05) is 26.0 Å². The molecule has 2 aliphatic rings. The van der Waals surface area contributed by atoms with Crippen molar-refractivity contribution < 1.29 is 27.6 Å². The van der Waals surface area contributed by atoms with Gasteiger partial charge in [0.05, 0.1) is 17.5 Å².